The molecule has 1 aromatic heterocycles. The monoisotopic (exact) mass is 260 g/mol. The Morgan fingerprint density at radius 3 is 2.84 bits per heavy atom. The van der Waals surface area contributed by atoms with Crippen LogP contribution >= 0.6 is 0 Å². The first-order chi connectivity index (χ1) is 9.15. The molecule has 0 spiro atoms. The summed E-state index contributed by atoms with van der Waals surface area (Å²) in [6.07, 6.45) is 2.18. The van der Waals surface area contributed by atoms with Crippen LogP contribution in [0.5, 0.6) is 5.75 Å². The standard InChI is InChI=1S/C14H16N2O3/c1-3-12-10(6-7-19-12)14(17)16-9-4-5-13(18-2)11(15)8-9/h4-8H,3,15H2,1-2H3,(H,16,17). The van der Waals surface area contributed by atoms with Crippen LogP contribution in [0.2, 0.25) is 0 Å². The lowest BCUT2D eigenvalue weighted by atomic mass is 10.2. The van der Waals surface area contributed by atoms with Crippen molar-refractivity contribution < 1.29 is 13.9 Å². The number of hydrogen-bond acceptors (Lipinski definition) is 4. The zero-order chi connectivity index (χ0) is 13.8. The molecule has 1 aromatic carbocycles. The number of ether oxygens (including phenoxy) is 1. The number of furan rings is 1. The van der Waals surface area contributed by atoms with E-state index in [-0.39, 0.29) is 5.91 Å². The molecule has 1 heterocycles. The van der Waals surface area contributed by atoms with Crippen molar-refractivity contribution in [2.45, 2.75) is 13.3 Å². The molecule has 5 heteroatoms. The van der Waals surface area contributed by atoms with Crippen LogP contribution in [0.4, 0.5) is 11.4 Å². The summed E-state index contributed by atoms with van der Waals surface area (Å²) < 4.78 is 10.3. The molecule has 0 bridgehead atoms. The van der Waals surface area contributed by atoms with Crippen molar-refractivity contribution in [2.75, 3.05) is 18.2 Å². The van der Waals surface area contributed by atoms with Gasteiger partial charge in [-0.2, -0.15) is 0 Å². The van der Waals surface area contributed by atoms with Crippen molar-refractivity contribution in [3.63, 3.8) is 0 Å². The second kappa shape index (κ2) is 5.48. The van der Waals surface area contributed by atoms with Crippen molar-refractivity contribution >= 4 is 17.3 Å². The van der Waals surface area contributed by atoms with Gasteiger partial charge in [0, 0.05) is 12.1 Å². The van der Waals surface area contributed by atoms with E-state index >= 15 is 0 Å². The Balaban J connectivity index is 2.17. The van der Waals surface area contributed by atoms with Gasteiger partial charge in [0.05, 0.1) is 24.6 Å². The van der Waals surface area contributed by atoms with Gasteiger partial charge in [0.25, 0.3) is 5.91 Å². The first-order valence-electron chi connectivity index (χ1n) is 5.97. The predicted molar refractivity (Wildman–Crippen MR) is 73.4 cm³/mol. The summed E-state index contributed by atoms with van der Waals surface area (Å²) >= 11 is 0. The normalized spacial score (nSPS) is 10.2. The van der Waals surface area contributed by atoms with Crippen LogP contribution in [0.25, 0.3) is 0 Å². The summed E-state index contributed by atoms with van der Waals surface area (Å²) in [5, 5.41) is 2.78. The van der Waals surface area contributed by atoms with Gasteiger partial charge in [-0.1, -0.05) is 6.92 Å². The van der Waals surface area contributed by atoms with Gasteiger partial charge < -0.3 is 20.2 Å². The average molecular weight is 260 g/mol. The third kappa shape index (κ3) is 2.70. The van der Waals surface area contributed by atoms with E-state index in [4.69, 9.17) is 14.9 Å². The van der Waals surface area contributed by atoms with Crippen molar-refractivity contribution in [2.24, 2.45) is 0 Å². The van der Waals surface area contributed by atoms with Gasteiger partial charge in [-0.15, -0.1) is 0 Å². The lowest BCUT2D eigenvalue weighted by Gasteiger charge is -2.08. The fraction of sp³-hybridized carbons (Fsp3) is 0.214. The van der Waals surface area contributed by atoms with Gasteiger partial charge in [0.1, 0.15) is 11.5 Å². The molecule has 0 aliphatic rings. The maximum Gasteiger partial charge on any atom is 0.259 e. The number of nitrogens with one attached hydrogen (secondary N) is 1. The third-order valence-electron chi connectivity index (χ3n) is 2.80. The van der Waals surface area contributed by atoms with Crippen molar-refractivity contribution in [3.05, 3.63) is 41.9 Å². The number of anilines is 2. The number of nitrogen functional groups attached to an aromatic ring is 1. The molecular formula is C14H16N2O3. The van der Waals surface area contributed by atoms with E-state index in [2.05, 4.69) is 5.32 Å². The van der Waals surface area contributed by atoms with E-state index in [1.54, 1.807) is 31.4 Å². The maximum absolute atomic E-state index is 12.1. The van der Waals surface area contributed by atoms with Crippen LogP contribution < -0.4 is 15.8 Å². The Morgan fingerprint density at radius 2 is 2.21 bits per heavy atom. The van der Waals surface area contributed by atoms with Gasteiger partial charge in [-0.05, 0) is 24.3 Å². The number of aryl methyl sites for hydroxylation is 1. The first-order valence-corrected chi connectivity index (χ1v) is 5.97. The molecule has 0 aliphatic heterocycles. The number of carbonyl (C=O) groups is 1. The lowest BCUT2D eigenvalue weighted by Crippen LogP contribution is -2.13. The average Bonchev–Trinajstić information content (AvgIpc) is 2.87. The number of nitrogens with two attached hydrogens (primary N) is 1. The molecule has 5 nitrogen and oxygen atoms in total. The Kier molecular flexibility index (Phi) is 3.75. The Hall–Kier alpha value is -2.43. The molecule has 100 valence electrons. The number of carbonyl (C=O) groups excluding carboxylic acids is 1. The summed E-state index contributed by atoms with van der Waals surface area (Å²) in [4.78, 5) is 12.1. The second-order valence-corrected chi connectivity index (χ2v) is 4.02. The first kappa shape index (κ1) is 13.0. The minimum Gasteiger partial charge on any atom is -0.495 e. The zero-order valence-corrected chi connectivity index (χ0v) is 10.9. The summed E-state index contributed by atoms with van der Waals surface area (Å²) in [6, 6.07) is 6.75. The topological polar surface area (TPSA) is 77.5 Å². The van der Waals surface area contributed by atoms with E-state index in [1.807, 2.05) is 6.92 Å². The van der Waals surface area contributed by atoms with E-state index < -0.39 is 0 Å². The van der Waals surface area contributed by atoms with Crippen molar-refractivity contribution in [1.29, 1.82) is 0 Å². The number of methoxy groups -OCH3 is 1. The fourth-order valence-electron chi connectivity index (χ4n) is 1.83. The summed E-state index contributed by atoms with van der Waals surface area (Å²) in [6.45, 7) is 1.93. The Labute approximate surface area is 111 Å². The minimum atomic E-state index is -0.213. The molecule has 1 amide bonds. The van der Waals surface area contributed by atoms with Crippen LogP contribution in [0.1, 0.15) is 23.0 Å². The maximum atomic E-state index is 12.1. The fourth-order valence-corrected chi connectivity index (χ4v) is 1.83. The predicted octanol–water partition coefficient (Wildman–Crippen LogP) is 2.69. The number of amides is 1. The molecule has 3 N–H and O–H groups in total. The highest BCUT2D eigenvalue weighted by Crippen LogP contribution is 2.25. The molecule has 0 saturated heterocycles. The van der Waals surface area contributed by atoms with Crippen LogP contribution in [0.3, 0.4) is 0 Å². The lowest BCUT2D eigenvalue weighted by molar-refractivity contribution is 0.102. The minimum absolute atomic E-state index is 0.213. The van der Waals surface area contributed by atoms with Crippen LogP contribution in [-0.2, 0) is 6.42 Å². The second-order valence-electron chi connectivity index (χ2n) is 4.02. The SMILES string of the molecule is CCc1occc1C(=O)Nc1ccc(OC)c(N)c1. The molecular weight excluding hydrogens is 244 g/mol. The van der Waals surface area contributed by atoms with Gasteiger partial charge in [0.2, 0.25) is 0 Å². The molecule has 0 atom stereocenters. The van der Waals surface area contributed by atoms with Gasteiger partial charge >= 0.3 is 0 Å². The van der Waals surface area contributed by atoms with Crippen molar-refractivity contribution in [3.8, 4) is 5.75 Å². The molecule has 0 aliphatic carbocycles. The molecule has 0 radical (unpaired) electrons. The number of benzene rings is 1. The number of rotatable bonds is 4. The largest absolute Gasteiger partial charge is 0.495 e. The summed E-state index contributed by atoms with van der Waals surface area (Å²) in [5.41, 5.74) is 7.42. The Bertz CT molecular complexity index is 590. The third-order valence-corrected chi connectivity index (χ3v) is 2.80. The molecule has 2 aromatic rings. The molecule has 0 saturated carbocycles. The molecule has 0 fully saturated rings. The van der Waals surface area contributed by atoms with E-state index in [9.17, 15) is 4.79 Å². The molecule has 2 rings (SSSR count). The van der Waals surface area contributed by atoms with Gasteiger partial charge in [-0.3, -0.25) is 4.79 Å². The van der Waals surface area contributed by atoms with Crippen LogP contribution in [0, 0.1) is 0 Å². The molecule has 19 heavy (non-hydrogen) atoms. The smallest absolute Gasteiger partial charge is 0.259 e. The number of hydrogen-bond donors (Lipinski definition) is 2. The van der Waals surface area contributed by atoms with Gasteiger partial charge in [0.15, 0.2) is 0 Å². The van der Waals surface area contributed by atoms with E-state index in [1.165, 1.54) is 6.26 Å². The van der Waals surface area contributed by atoms with Crippen LogP contribution in [0.15, 0.2) is 34.9 Å². The Morgan fingerprint density at radius 1 is 1.42 bits per heavy atom. The summed E-state index contributed by atoms with van der Waals surface area (Å²) in [5.74, 6) is 1.03. The van der Waals surface area contributed by atoms with E-state index in [0.717, 1.165) is 0 Å². The van der Waals surface area contributed by atoms with E-state index in [0.29, 0.717) is 34.9 Å². The highest BCUT2D eigenvalue weighted by Gasteiger charge is 2.13. The quantitative estimate of drug-likeness (QED) is 0.828. The zero-order valence-electron chi connectivity index (χ0n) is 10.9. The van der Waals surface area contributed by atoms with Gasteiger partial charge in [-0.25, -0.2) is 0 Å². The highest BCUT2D eigenvalue weighted by atomic mass is 16.5. The van der Waals surface area contributed by atoms with Crippen molar-refractivity contribution in [1.82, 2.24) is 0 Å². The highest BCUT2D eigenvalue weighted by molar-refractivity contribution is 6.05. The molecule has 0 unspecified atom stereocenters. The summed E-state index contributed by atoms with van der Waals surface area (Å²) in [7, 11) is 1.54. The van der Waals surface area contributed by atoms with Crippen LogP contribution in [-0.4, -0.2) is 13.0 Å².